The second kappa shape index (κ2) is 3.37. The molecule has 1 heterocycles. The SMILES string of the molecule is CCC1COC(=O)CC(=O)N1. The van der Waals surface area contributed by atoms with Crippen LogP contribution in [0.15, 0.2) is 0 Å². The van der Waals surface area contributed by atoms with Crippen molar-refractivity contribution in [2.75, 3.05) is 6.61 Å². The van der Waals surface area contributed by atoms with E-state index in [1.54, 1.807) is 0 Å². The zero-order valence-corrected chi connectivity index (χ0v) is 6.42. The average molecular weight is 157 g/mol. The number of carbonyl (C=O) groups excluding carboxylic acids is 2. The summed E-state index contributed by atoms with van der Waals surface area (Å²) in [4.78, 5) is 21.5. The van der Waals surface area contributed by atoms with Crippen molar-refractivity contribution in [1.82, 2.24) is 5.32 Å². The van der Waals surface area contributed by atoms with Gasteiger partial charge in [0, 0.05) is 0 Å². The molecule has 1 rings (SSSR count). The van der Waals surface area contributed by atoms with Crippen molar-refractivity contribution in [3.05, 3.63) is 0 Å². The maximum atomic E-state index is 10.9. The van der Waals surface area contributed by atoms with E-state index in [0.29, 0.717) is 6.61 Å². The Kier molecular flexibility index (Phi) is 2.46. The summed E-state index contributed by atoms with van der Waals surface area (Å²) in [5, 5.41) is 2.67. The average Bonchev–Trinajstić information content (AvgIpc) is 2.11. The number of carbonyl (C=O) groups is 2. The lowest BCUT2D eigenvalue weighted by molar-refractivity contribution is -0.144. The molecule has 0 bridgehead atoms. The minimum Gasteiger partial charge on any atom is -0.463 e. The molecule has 0 spiro atoms. The van der Waals surface area contributed by atoms with E-state index in [2.05, 4.69) is 5.32 Å². The largest absolute Gasteiger partial charge is 0.463 e. The fourth-order valence-corrected chi connectivity index (χ4v) is 0.916. The van der Waals surface area contributed by atoms with Crippen LogP contribution >= 0.6 is 0 Å². The van der Waals surface area contributed by atoms with Crippen LogP contribution in [-0.2, 0) is 14.3 Å². The number of cyclic esters (lactones) is 1. The highest BCUT2D eigenvalue weighted by molar-refractivity contribution is 5.94. The van der Waals surface area contributed by atoms with Crippen molar-refractivity contribution in [3.8, 4) is 0 Å². The van der Waals surface area contributed by atoms with E-state index in [9.17, 15) is 9.59 Å². The van der Waals surface area contributed by atoms with Crippen molar-refractivity contribution in [2.45, 2.75) is 25.8 Å². The number of amides is 1. The summed E-state index contributed by atoms with van der Waals surface area (Å²) in [5.41, 5.74) is 0. The molecule has 0 aromatic heterocycles. The van der Waals surface area contributed by atoms with Crippen molar-refractivity contribution in [2.24, 2.45) is 0 Å². The molecule has 0 saturated carbocycles. The first-order valence-corrected chi connectivity index (χ1v) is 3.67. The van der Waals surface area contributed by atoms with Gasteiger partial charge in [0.2, 0.25) is 5.91 Å². The van der Waals surface area contributed by atoms with Gasteiger partial charge in [-0.15, -0.1) is 0 Å². The van der Waals surface area contributed by atoms with E-state index < -0.39 is 5.97 Å². The first kappa shape index (κ1) is 8.04. The molecule has 4 heteroatoms. The summed E-state index contributed by atoms with van der Waals surface area (Å²) in [6, 6.07) is -0.00560. The molecule has 1 unspecified atom stereocenters. The number of ether oxygens (including phenoxy) is 1. The molecule has 1 atom stereocenters. The monoisotopic (exact) mass is 157 g/mol. The molecule has 1 fully saturated rings. The van der Waals surface area contributed by atoms with Crippen molar-refractivity contribution < 1.29 is 14.3 Å². The third-order valence-corrected chi connectivity index (χ3v) is 1.61. The minimum absolute atomic E-state index is 0.00560. The highest BCUT2D eigenvalue weighted by Gasteiger charge is 2.20. The number of rotatable bonds is 1. The van der Waals surface area contributed by atoms with E-state index in [1.807, 2.05) is 6.92 Å². The lowest BCUT2D eigenvalue weighted by Gasteiger charge is -2.10. The lowest BCUT2D eigenvalue weighted by atomic mass is 10.2. The van der Waals surface area contributed by atoms with Gasteiger partial charge in [0.25, 0.3) is 0 Å². The molecule has 11 heavy (non-hydrogen) atoms. The van der Waals surface area contributed by atoms with Crippen molar-refractivity contribution in [1.29, 1.82) is 0 Å². The zero-order chi connectivity index (χ0) is 8.27. The van der Waals surface area contributed by atoms with Gasteiger partial charge in [-0.25, -0.2) is 0 Å². The van der Waals surface area contributed by atoms with Crippen molar-refractivity contribution >= 4 is 11.9 Å². The smallest absolute Gasteiger partial charge is 0.315 e. The van der Waals surface area contributed by atoms with Crippen LogP contribution in [0.2, 0.25) is 0 Å². The second-order valence-corrected chi connectivity index (χ2v) is 2.53. The highest BCUT2D eigenvalue weighted by atomic mass is 16.5. The fraction of sp³-hybridized carbons (Fsp3) is 0.714. The number of esters is 1. The molecule has 62 valence electrons. The van der Waals surface area contributed by atoms with Gasteiger partial charge in [0.1, 0.15) is 13.0 Å². The Morgan fingerprint density at radius 1 is 1.64 bits per heavy atom. The molecule has 4 nitrogen and oxygen atoms in total. The van der Waals surface area contributed by atoms with Gasteiger partial charge >= 0.3 is 5.97 Å². The standard InChI is InChI=1S/C7H11NO3/c1-2-5-4-11-7(10)3-6(9)8-5/h5H,2-4H2,1H3,(H,8,9). The normalized spacial score (nSPS) is 25.4. The third-order valence-electron chi connectivity index (χ3n) is 1.61. The van der Waals surface area contributed by atoms with E-state index in [0.717, 1.165) is 6.42 Å². The Morgan fingerprint density at radius 3 is 3.00 bits per heavy atom. The summed E-state index contributed by atoms with van der Waals surface area (Å²) in [5.74, 6) is -0.669. The van der Waals surface area contributed by atoms with Gasteiger partial charge in [0.15, 0.2) is 0 Å². The Morgan fingerprint density at radius 2 is 2.36 bits per heavy atom. The molecule has 0 aliphatic carbocycles. The number of hydrogen-bond acceptors (Lipinski definition) is 3. The Bertz CT molecular complexity index is 179. The van der Waals surface area contributed by atoms with Gasteiger partial charge in [0.05, 0.1) is 6.04 Å². The molecule has 1 aliphatic heterocycles. The van der Waals surface area contributed by atoms with Crippen LogP contribution in [-0.4, -0.2) is 24.5 Å². The van der Waals surface area contributed by atoms with Crippen LogP contribution in [0.3, 0.4) is 0 Å². The molecule has 1 amide bonds. The van der Waals surface area contributed by atoms with Crippen LogP contribution in [0.4, 0.5) is 0 Å². The first-order valence-electron chi connectivity index (χ1n) is 3.67. The van der Waals surface area contributed by atoms with Gasteiger partial charge in [-0.1, -0.05) is 6.92 Å². The number of hydrogen-bond donors (Lipinski definition) is 1. The maximum Gasteiger partial charge on any atom is 0.315 e. The zero-order valence-electron chi connectivity index (χ0n) is 6.42. The van der Waals surface area contributed by atoms with E-state index in [-0.39, 0.29) is 18.4 Å². The van der Waals surface area contributed by atoms with Gasteiger partial charge < -0.3 is 10.1 Å². The third kappa shape index (κ3) is 2.22. The van der Waals surface area contributed by atoms with Gasteiger partial charge in [-0.05, 0) is 6.42 Å². The summed E-state index contributed by atoms with van der Waals surface area (Å²) in [6.45, 7) is 2.24. The predicted octanol–water partition coefficient (Wildman–Crippen LogP) is -0.172. The highest BCUT2D eigenvalue weighted by Crippen LogP contribution is 2.00. The summed E-state index contributed by atoms with van der Waals surface area (Å²) < 4.78 is 4.75. The molecular formula is C7H11NO3. The quantitative estimate of drug-likeness (QED) is 0.424. The van der Waals surface area contributed by atoms with E-state index >= 15 is 0 Å². The molecule has 0 aromatic rings. The summed E-state index contributed by atoms with van der Waals surface area (Å²) in [6.07, 6.45) is 0.648. The molecule has 1 N–H and O–H groups in total. The van der Waals surface area contributed by atoms with Crippen LogP contribution in [0, 0.1) is 0 Å². The van der Waals surface area contributed by atoms with Crippen molar-refractivity contribution in [3.63, 3.8) is 0 Å². The topological polar surface area (TPSA) is 55.4 Å². The van der Waals surface area contributed by atoms with Gasteiger partial charge in [-0.2, -0.15) is 0 Å². The molecular weight excluding hydrogens is 146 g/mol. The lowest BCUT2D eigenvalue weighted by Crippen LogP contribution is -2.34. The molecule has 1 aliphatic rings. The Hall–Kier alpha value is -1.06. The molecule has 1 saturated heterocycles. The van der Waals surface area contributed by atoms with Gasteiger partial charge in [-0.3, -0.25) is 9.59 Å². The summed E-state index contributed by atoms with van der Waals surface area (Å²) >= 11 is 0. The Balaban J connectivity index is 2.52. The Labute approximate surface area is 64.9 Å². The predicted molar refractivity (Wildman–Crippen MR) is 37.8 cm³/mol. The number of nitrogens with one attached hydrogen (secondary N) is 1. The van der Waals surface area contributed by atoms with Crippen LogP contribution in [0.25, 0.3) is 0 Å². The molecule has 0 aromatic carbocycles. The van der Waals surface area contributed by atoms with Crippen LogP contribution < -0.4 is 5.32 Å². The minimum atomic E-state index is -0.432. The second-order valence-electron chi connectivity index (χ2n) is 2.53. The van der Waals surface area contributed by atoms with Crippen LogP contribution in [0.1, 0.15) is 19.8 Å². The van der Waals surface area contributed by atoms with E-state index in [1.165, 1.54) is 0 Å². The summed E-state index contributed by atoms with van der Waals surface area (Å²) in [7, 11) is 0. The maximum absolute atomic E-state index is 10.9. The fourth-order valence-electron chi connectivity index (χ4n) is 0.916. The van der Waals surface area contributed by atoms with Crippen LogP contribution in [0.5, 0.6) is 0 Å². The first-order chi connectivity index (χ1) is 5.22. The molecule has 0 radical (unpaired) electrons. The van der Waals surface area contributed by atoms with E-state index in [4.69, 9.17) is 4.74 Å².